The highest BCUT2D eigenvalue weighted by molar-refractivity contribution is 7.89. The first kappa shape index (κ1) is 22.2. The van der Waals surface area contributed by atoms with Crippen molar-refractivity contribution >= 4 is 16.0 Å². The van der Waals surface area contributed by atoms with E-state index in [1.807, 2.05) is 5.48 Å². The van der Waals surface area contributed by atoms with Crippen LogP contribution in [0.3, 0.4) is 0 Å². The summed E-state index contributed by atoms with van der Waals surface area (Å²) >= 11 is 0. The quantitative estimate of drug-likeness (QED) is 0.488. The third kappa shape index (κ3) is 4.78. The Bertz CT molecular complexity index is 975. The Morgan fingerprint density at radius 2 is 1.67 bits per heavy atom. The molecule has 10 heteroatoms. The highest BCUT2D eigenvalue weighted by atomic mass is 32.2. The summed E-state index contributed by atoms with van der Waals surface area (Å²) in [6, 6.07) is 11.1. The summed E-state index contributed by atoms with van der Waals surface area (Å²) in [5.41, 5.74) is 1.17. The van der Waals surface area contributed by atoms with Crippen LogP contribution in [-0.4, -0.2) is 47.6 Å². The van der Waals surface area contributed by atoms with Gasteiger partial charge in [-0.05, 0) is 67.8 Å². The summed E-state index contributed by atoms with van der Waals surface area (Å²) in [6.45, 7) is -0.190. The molecule has 0 bridgehead atoms. The van der Waals surface area contributed by atoms with Crippen LogP contribution in [0.5, 0.6) is 11.5 Å². The van der Waals surface area contributed by atoms with E-state index in [0.29, 0.717) is 24.3 Å². The Morgan fingerprint density at radius 3 is 2.13 bits per heavy atom. The monoisotopic (exact) mass is 438 g/mol. The maximum absolute atomic E-state index is 13.3. The average molecular weight is 438 g/mol. The predicted molar refractivity (Wildman–Crippen MR) is 105 cm³/mol. The smallest absolute Gasteiger partial charge is 0.304 e. The lowest BCUT2D eigenvalue weighted by Gasteiger charge is -2.48. The largest absolute Gasteiger partial charge is 0.481 e. The van der Waals surface area contributed by atoms with Crippen LogP contribution in [0.1, 0.15) is 25.7 Å². The van der Waals surface area contributed by atoms with E-state index in [-0.39, 0.29) is 24.4 Å². The maximum Gasteiger partial charge on any atom is 0.304 e. The molecule has 0 radical (unpaired) electrons. The Kier molecular flexibility index (Phi) is 6.71. The lowest BCUT2D eigenvalue weighted by atomic mass is 9.76. The van der Waals surface area contributed by atoms with Crippen LogP contribution >= 0.6 is 0 Å². The van der Waals surface area contributed by atoms with E-state index in [0.717, 1.165) is 6.42 Å². The molecule has 2 aromatic carbocycles. The first-order chi connectivity index (χ1) is 14.3. The van der Waals surface area contributed by atoms with Crippen LogP contribution in [0.25, 0.3) is 0 Å². The third-order valence-electron chi connectivity index (χ3n) is 5.21. The van der Waals surface area contributed by atoms with Gasteiger partial charge in [-0.2, -0.15) is 4.31 Å². The normalized spacial score (nSPS) is 15.6. The van der Waals surface area contributed by atoms with Crippen LogP contribution in [-0.2, 0) is 14.8 Å². The Hall–Kier alpha value is -2.53. The van der Waals surface area contributed by atoms with E-state index < -0.39 is 27.3 Å². The number of carboxylic acid groups (broad SMARTS) is 1. The van der Waals surface area contributed by atoms with Gasteiger partial charge in [0.25, 0.3) is 0 Å². The third-order valence-corrected chi connectivity index (χ3v) is 7.23. The predicted octanol–water partition coefficient (Wildman–Crippen LogP) is 2.98. The summed E-state index contributed by atoms with van der Waals surface area (Å²) in [5.74, 6) is -0.734. The number of rotatable bonds is 10. The second-order valence-electron chi connectivity index (χ2n) is 7.16. The molecule has 3 N–H and O–H groups in total. The molecule has 1 aliphatic rings. The molecule has 1 fully saturated rings. The number of hydrogen-bond donors (Lipinski definition) is 3. The second kappa shape index (κ2) is 9.09. The van der Waals surface area contributed by atoms with Gasteiger partial charge in [0.1, 0.15) is 17.3 Å². The van der Waals surface area contributed by atoms with Crippen LogP contribution in [0.4, 0.5) is 4.39 Å². The molecule has 0 atom stereocenters. The summed E-state index contributed by atoms with van der Waals surface area (Å²) in [7, 11) is -4.02. The van der Waals surface area contributed by atoms with Gasteiger partial charge >= 0.3 is 5.97 Å². The van der Waals surface area contributed by atoms with E-state index in [9.17, 15) is 22.8 Å². The summed E-state index contributed by atoms with van der Waals surface area (Å²) < 4.78 is 46.4. The first-order valence-electron chi connectivity index (χ1n) is 9.42. The zero-order chi connectivity index (χ0) is 21.8. The molecule has 0 amide bonds. The molecule has 8 nitrogen and oxygen atoms in total. The Morgan fingerprint density at radius 1 is 1.10 bits per heavy atom. The van der Waals surface area contributed by atoms with Crippen LogP contribution in [0.15, 0.2) is 53.4 Å². The molecule has 2 aromatic rings. The summed E-state index contributed by atoms with van der Waals surface area (Å²) in [5, 5.41) is 18.2. The van der Waals surface area contributed by atoms with E-state index in [2.05, 4.69) is 0 Å². The van der Waals surface area contributed by atoms with Gasteiger partial charge in [-0.25, -0.2) is 18.3 Å². The molecule has 0 aliphatic heterocycles. The number of hydroxylamine groups is 1. The van der Waals surface area contributed by atoms with Crippen molar-refractivity contribution in [1.29, 1.82) is 0 Å². The van der Waals surface area contributed by atoms with Crippen molar-refractivity contribution in [2.45, 2.75) is 36.1 Å². The molecule has 1 aliphatic carbocycles. The van der Waals surface area contributed by atoms with Crippen molar-refractivity contribution in [3.8, 4) is 11.5 Å². The van der Waals surface area contributed by atoms with Crippen molar-refractivity contribution in [3.05, 3.63) is 54.3 Å². The minimum atomic E-state index is -4.02. The van der Waals surface area contributed by atoms with Gasteiger partial charge in [-0.3, -0.25) is 4.79 Å². The fourth-order valence-electron chi connectivity index (χ4n) is 3.50. The molecule has 0 spiro atoms. The number of carboxylic acids is 1. The number of sulfonamides is 1. The fraction of sp³-hybridized carbons (Fsp3) is 0.350. The summed E-state index contributed by atoms with van der Waals surface area (Å²) in [4.78, 5) is 11.1. The highest BCUT2D eigenvalue weighted by Gasteiger charge is 2.48. The van der Waals surface area contributed by atoms with Gasteiger partial charge < -0.3 is 15.1 Å². The highest BCUT2D eigenvalue weighted by Crippen LogP contribution is 2.40. The number of aliphatic carboxylic acids is 1. The zero-order valence-corrected chi connectivity index (χ0v) is 16.9. The first-order valence-corrected chi connectivity index (χ1v) is 10.9. The van der Waals surface area contributed by atoms with Crippen molar-refractivity contribution in [2.75, 3.05) is 13.1 Å². The van der Waals surface area contributed by atoms with Crippen molar-refractivity contribution in [1.82, 2.24) is 9.79 Å². The molecular weight excluding hydrogens is 415 g/mol. The molecule has 162 valence electrons. The minimum absolute atomic E-state index is 0.0106. The van der Waals surface area contributed by atoms with Crippen molar-refractivity contribution < 1.29 is 32.7 Å². The second-order valence-corrected chi connectivity index (χ2v) is 9.02. The number of nitrogens with one attached hydrogen (secondary N) is 1. The zero-order valence-electron chi connectivity index (χ0n) is 16.1. The number of hydrogen-bond acceptors (Lipinski definition) is 6. The number of halogens is 1. The van der Waals surface area contributed by atoms with Gasteiger partial charge in [0.2, 0.25) is 10.0 Å². The molecule has 3 rings (SSSR count). The van der Waals surface area contributed by atoms with Gasteiger partial charge in [0.15, 0.2) is 0 Å². The van der Waals surface area contributed by atoms with Gasteiger partial charge in [0.05, 0.1) is 16.9 Å². The van der Waals surface area contributed by atoms with Gasteiger partial charge in [0, 0.05) is 13.1 Å². The van der Waals surface area contributed by atoms with E-state index in [1.165, 1.54) is 52.8 Å². The molecule has 0 aromatic heterocycles. The van der Waals surface area contributed by atoms with Crippen LogP contribution in [0.2, 0.25) is 0 Å². The molecule has 30 heavy (non-hydrogen) atoms. The van der Waals surface area contributed by atoms with E-state index in [4.69, 9.17) is 9.84 Å². The number of nitrogens with zero attached hydrogens (tertiary/aromatic N) is 1. The fourth-order valence-corrected chi connectivity index (χ4v) is 5.32. The number of benzene rings is 2. The lowest BCUT2D eigenvalue weighted by Crippen LogP contribution is -2.61. The number of carbonyl (C=O) groups is 1. The topological polar surface area (TPSA) is 116 Å². The van der Waals surface area contributed by atoms with Crippen LogP contribution in [0, 0.1) is 5.82 Å². The molecule has 0 heterocycles. The number of ether oxygens (including phenoxy) is 1. The van der Waals surface area contributed by atoms with Crippen LogP contribution < -0.4 is 10.2 Å². The molecule has 0 saturated heterocycles. The molecule has 0 unspecified atom stereocenters. The minimum Gasteiger partial charge on any atom is -0.481 e. The van der Waals surface area contributed by atoms with Crippen molar-refractivity contribution in [3.63, 3.8) is 0 Å². The van der Waals surface area contributed by atoms with Crippen molar-refractivity contribution in [2.24, 2.45) is 0 Å². The standard InChI is InChI=1S/C20H23FN2O6S/c21-15-2-4-16(5-3-15)29-17-6-8-18(9-7-17)30(27,28)23(13-10-19(24)25)20(14-22-26)11-1-12-20/h2-9,22,26H,1,10-14H2,(H,24,25). The maximum atomic E-state index is 13.3. The lowest BCUT2D eigenvalue weighted by molar-refractivity contribution is -0.137. The SMILES string of the molecule is O=C(O)CCN(C1(CNO)CCC1)S(=O)(=O)c1ccc(Oc2ccc(F)cc2)cc1. The van der Waals surface area contributed by atoms with E-state index in [1.54, 1.807) is 0 Å². The van der Waals surface area contributed by atoms with Gasteiger partial charge in [-0.1, -0.05) is 0 Å². The Balaban J connectivity index is 1.84. The Labute approximate surface area is 173 Å². The van der Waals surface area contributed by atoms with E-state index >= 15 is 0 Å². The summed E-state index contributed by atoms with van der Waals surface area (Å²) in [6.07, 6.45) is 1.47. The molecular formula is C20H23FN2O6S. The average Bonchev–Trinajstić information content (AvgIpc) is 2.68. The molecule has 1 saturated carbocycles. The van der Waals surface area contributed by atoms with Gasteiger partial charge in [-0.15, -0.1) is 0 Å².